The average molecular weight is 576 g/mol. The van der Waals surface area contributed by atoms with Crippen LogP contribution in [0.5, 0.6) is 5.75 Å². The maximum Gasteiger partial charge on any atom is 0.251 e. The molecule has 2 aliphatic heterocycles. The largest absolute Gasteiger partial charge is 0.489 e. The van der Waals surface area contributed by atoms with Crippen LogP contribution in [0.2, 0.25) is 0 Å². The third-order valence-electron chi connectivity index (χ3n) is 8.96. The summed E-state index contributed by atoms with van der Waals surface area (Å²) < 4.78 is 6.15. The van der Waals surface area contributed by atoms with Crippen LogP contribution in [0.15, 0.2) is 24.4 Å². The Morgan fingerprint density at radius 2 is 1.88 bits per heavy atom. The van der Waals surface area contributed by atoms with Crippen LogP contribution in [0.25, 0.3) is 0 Å². The van der Waals surface area contributed by atoms with Crippen molar-refractivity contribution in [2.24, 2.45) is 11.3 Å². The maximum atomic E-state index is 13.3. The van der Waals surface area contributed by atoms with Gasteiger partial charge in [-0.25, -0.2) is 4.98 Å². The lowest BCUT2D eigenvalue weighted by molar-refractivity contribution is -0.125. The van der Waals surface area contributed by atoms with E-state index in [1.54, 1.807) is 17.2 Å². The molecule has 2 N–H and O–H groups in total. The molecule has 0 spiro atoms. The van der Waals surface area contributed by atoms with Gasteiger partial charge in [0.2, 0.25) is 11.9 Å². The van der Waals surface area contributed by atoms with Crippen molar-refractivity contribution >= 4 is 35.0 Å². The molecule has 4 aliphatic rings. The molecule has 10 nitrogen and oxygen atoms in total. The standard InChI is InChI=1S/C32H45N7O3/c1-20(2)42-27-14-22(29(40)34-23-17-38(18-23)16-21-10-11-21)12-13-25(27)35-31-33-15-26-28(36-31)39(24-8-6-7-9-24)19-32(3,4)30(41)37(26)5/h12-15,20-21,23-24H,6-11,16-19H2,1-5H3,(H,34,40)(H,33,35,36). The number of rotatable bonds is 9. The number of hydrogen-bond donors (Lipinski definition) is 2. The Morgan fingerprint density at radius 1 is 1.14 bits per heavy atom. The van der Waals surface area contributed by atoms with Gasteiger partial charge in [0.05, 0.1) is 29.4 Å². The minimum absolute atomic E-state index is 0.0626. The Hall–Kier alpha value is -3.40. The normalized spacial score (nSPS) is 21.2. The van der Waals surface area contributed by atoms with Crippen LogP contribution in [0.4, 0.5) is 23.1 Å². The molecule has 1 saturated heterocycles. The summed E-state index contributed by atoms with van der Waals surface area (Å²) >= 11 is 0. The first-order valence-corrected chi connectivity index (χ1v) is 15.6. The molecule has 6 rings (SSSR count). The monoisotopic (exact) mass is 575 g/mol. The minimum Gasteiger partial charge on any atom is -0.489 e. The van der Waals surface area contributed by atoms with E-state index in [-0.39, 0.29) is 24.0 Å². The van der Waals surface area contributed by atoms with Crippen molar-refractivity contribution in [3.8, 4) is 5.75 Å². The van der Waals surface area contributed by atoms with Gasteiger partial charge in [-0.15, -0.1) is 0 Å². The summed E-state index contributed by atoms with van der Waals surface area (Å²) in [5.74, 6) is 2.61. The van der Waals surface area contributed by atoms with E-state index >= 15 is 0 Å². The molecule has 1 aromatic carbocycles. The molecule has 42 heavy (non-hydrogen) atoms. The lowest BCUT2D eigenvalue weighted by Gasteiger charge is -2.39. The summed E-state index contributed by atoms with van der Waals surface area (Å²) in [5, 5.41) is 6.52. The SMILES string of the molecule is CC(C)Oc1cc(C(=O)NC2CN(CC3CC3)C2)ccc1Nc1ncc2c(n1)N(C1CCCC1)CC(C)(C)C(=O)N2C. The van der Waals surface area contributed by atoms with Crippen LogP contribution >= 0.6 is 0 Å². The van der Waals surface area contributed by atoms with E-state index in [4.69, 9.17) is 9.72 Å². The first-order chi connectivity index (χ1) is 20.1. The van der Waals surface area contributed by atoms with E-state index in [1.807, 2.05) is 46.9 Å². The van der Waals surface area contributed by atoms with Crippen LogP contribution in [0.1, 0.15) is 76.6 Å². The highest BCUT2D eigenvalue weighted by Gasteiger charge is 2.41. The highest BCUT2D eigenvalue weighted by Crippen LogP contribution is 2.41. The Bertz CT molecular complexity index is 1330. The van der Waals surface area contributed by atoms with Crippen molar-refractivity contribution in [3.63, 3.8) is 0 Å². The maximum absolute atomic E-state index is 13.3. The van der Waals surface area contributed by atoms with Gasteiger partial charge in [0.15, 0.2) is 5.82 Å². The predicted molar refractivity (Wildman–Crippen MR) is 165 cm³/mol. The Kier molecular flexibility index (Phi) is 7.76. The van der Waals surface area contributed by atoms with E-state index in [1.165, 1.54) is 25.7 Å². The zero-order chi connectivity index (χ0) is 29.6. The molecule has 0 radical (unpaired) electrons. The molecule has 226 valence electrons. The Labute approximate surface area is 249 Å². The van der Waals surface area contributed by atoms with Crippen molar-refractivity contribution in [1.29, 1.82) is 0 Å². The molecule has 1 aromatic heterocycles. The van der Waals surface area contributed by atoms with Crippen LogP contribution in [0, 0.1) is 11.3 Å². The van der Waals surface area contributed by atoms with Crippen molar-refractivity contribution in [3.05, 3.63) is 30.0 Å². The molecule has 2 saturated carbocycles. The summed E-state index contributed by atoms with van der Waals surface area (Å²) in [6.07, 6.45) is 8.90. The summed E-state index contributed by atoms with van der Waals surface area (Å²) in [7, 11) is 1.81. The molecular weight excluding hydrogens is 530 g/mol. The second-order valence-electron chi connectivity index (χ2n) is 13.6. The number of ether oxygens (including phenoxy) is 1. The molecule has 10 heteroatoms. The third-order valence-corrected chi connectivity index (χ3v) is 8.96. The van der Waals surface area contributed by atoms with E-state index in [0.29, 0.717) is 35.5 Å². The van der Waals surface area contributed by atoms with Crippen LogP contribution in [-0.4, -0.2) is 78.1 Å². The van der Waals surface area contributed by atoms with E-state index < -0.39 is 5.41 Å². The fourth-order valence-electron chi connectivity index (χ4n) is 6.51. The number of fused-ring (bicyclic) bond motifs is 1. The highest BCUT2D eigenvalue weighted by atomic mass is 16.5. The molecule has 2 aromatic rings. The average Bonchev–Trinajstić information content (AvgIpc) is 3.60. The number of benzene rings is 1. The lowest BCUT2D eigenvalue weighted by Crippen LogP contribution is -2.59. The molecule has 3 heterocycles. The van der Waals surface area contributed by atoms with Crippen molar-refractivity contribution < 1.29 is 14.3 Å². The van der Waals surface area contributed by atoms with Crippen LogP contribution in [-0.2, 0) is 4.79 Å². The molecule has 2 aliphatic carbocycles. The van der Waals surface area contributed by atoms with Gasteiger partial charge in [0.25, 0.3) is 5.91 Å². The summed E-state index contributed by atoms with van der Waals surface area (Å²) in [6.45, 7) is 11.6. The summed E-state index contributed by atoms with van der Waals surface area (Å²) in [6, 6.07) is 6.00. The predicted octanol–water partition coefficient (Wildman–Crippen LogP) is 4.58. The number of nitrogens with one attached hydrogen (secondary N) is 2. The van der Waals surface area contributed by atoms with Gasteiger partial charge in [-0.2, -0.15) is 4.98 Å². The highest BCUT2D eigenvalue weighted by molar-refractivity contribution is 6.01. The topological polar surface area (TPSA) is 103 Å². The number of hydrogen-bond acceptors (Lipinski definition) is 8. The number of amides is 2. The van der Waals surface area contributed by atoms with Gasteiger partial charge in [-0.1, -0.05) is 12.8 Å². The molecule has 0 unspecified atom stereocenters. The number of carbonyl (C=O) groups excluding carboxylic acids is 2. The fraction of sp³-hybridized carbons (Fsp3) is 0.625. The van der Waals surface area contributed by atoms with Crippen molar-refractivity contribution in [2.45, 2.75) is 84.4 Å². The first kappa shape index (κ1) is 28.7. The Balaban J connectivity index is 1.23. The first-order valence-electron chi connectivity index (χ1n) is 15.6. The number of nitrogens with zero attached hydrogens (tertiary/aromatic N) is 5. The van der Waals surface area contributed by atoms with Gasteiger partial charge >= 0.3 is 0 Å². The van der Waals surface area contributed by atoms with E-state index in [2.05, 4.69) is 25.4 Å². The summed E-state index contributed by atoms with van der Waals surface area (Å²) in [5.41, 5.74) is 1.43. The van der Waals surface area contributed by atoms with Crippen LogP contribution < -0.4 is 25.2 Å². The lowest BCUT2D eigenvalue weighted by atomic mass is 9.91. The summed E-state index contributed by atoms with van der Waals surface area (Å²) in [4.78, 5) is 42.5. The molecule has 2 amide bonds. The Morgan fingerprint density at radius 3 is 2.57 bits per heavy atom. The fourth-order valence-corrected chi connectivity index (χ4v) is 6.51. The second kappa shape index (κ2) is 11.4. The zero-order valence-electron chi connectivity index (χ0n) is 25.7. The number of aromatic nitrogens is 2. The second-order valence-corrected chi connectivity index (χ2v) is 13.6. The smallest absolute Gasteiger partial charge is 0.251 e. The minimum atomic E-state index is -0.546. The number of likely N-dealkylation sites (tertiary alicyclic amines) is 1. The molecular formula is C32H45N7O3. The molecule has 0 bridgehead atoms. The van der Waals surface area contributed by atoms with Gasteiger partial charge in [0, 0.05) is 44.8 Å². The van der Waals surface area contributed by atoms with Gasteiger partial charge in [0.1, 0.15) is 11.4 Å². The molecule has 3 fully saturated rings. The van der Waals surface area contributed by atoms with E-state index in [9.17, 15) is 9.59 Å². The van der Waals surface area contributed by atoms with E-state index in [0.717, 1.165) is 49.9 Å². The van der Waals surface area contributed by atoms with Crippen molar-refractivity contribution in [2.75, 3.05) is 48.3 Å². The zero-order valence-corrected chi connectivity index (χ0v) is 25.7. The third kappa shape index (κ3) is 6.04. The van der Waals surface area contributed by atoms with Gasteiger partial charge < -0.3 is 25.2 Å². The van der Waals surface area contributed by atoms with Gasteiger partial charge in [-0.05, 0) is 77.5 Å². The number of carbonyl (C=O) groups is 2. The molecule has 0 atom stereocenters. The van der Waals surface area contributed by atoms with Crippen molar-refractivity contribution in [1.82, 2.24) is 20.2 Å². The van der Waals surface area contributed by atoms with Crippen LogP contribution in [0.3, 0.4) is 0 Å². The number of anilines is 4. The quantitative estimate of drug-likeness (QED) is 0.448. The van der Waals surface area contributed by atoms with Gasteiger partial charge in [-0.3, -0.25) is 14.5 Å².